The minimum atomic E-state index is -1.84. The van der Waals surface area contributed by atoms with Crippen LogP contribution in [0, 0.1) is 23.5 Å². The predicted molar refractivity (Wildman–Crippen MR) is 92.1 cm³/mol. The van der Waals surface area contributed by atoms with Gasteiger partial charge >= 0.3 is 5.63 Å². The van der Waals surface area contributed by atoms with Gasteiger partial charge in [0.25, 0.3) is 11.9 Å². The molecule has 8 heteroatoms. The summed E-state index contributed by atoms with van der Waals surface area (Å²) in [6.45, 7) is 0. The van der Waals surface area contributed by atoms with E-state index in [9.17, 15) is 22.4 Å². The van der Waals surface area contributed by atoms with Gasteiger partial charge in [-0.1, -0.05) is 30.3 Å². The fourth-order valence-corrected chi connectivity index (χ4v) is 2.74. The van der Waals surface area contributed by atoms with Gasteiger partial charge in [-0.25, -0.2) is 4.79 Å². The summed E-state index contributed by atoms with van der Waals surface area (Å²) in [5.41, 5.74) is 0.753. The fourth-order valence-electron chi connectivity index (χ4n) is 2.74. The zero-order valence-electron chi connectivity index (χ0n) is 13.9. The summed E-state index contributed by atoms with van der Waals surface area (Å²) in [4.78, 5) is 14.4. The first-order chi connectivity index (χ1) is 13.4. The Morgan fingerprint density at radius 3 is 2.21 bits per heavy atom. The van der Waals surface area contributed by atoms with E-state index in [1.54, 1.807) is 24.3 Å². The lowest BCUT2D eigenvalue weighted by Crippen LogP contribution is -2.03. The predicted octanol–water partition coefficient (Wildman–Crippen LogP) is 5.20. The van der Waals surface area contributed by atoms with Gasteiger partial charge in [-0.15, -0.1) is 0 Å². The first-order valence-corrected chi connectivity index (χ1v) is 7.95. The summed E-state index contributed by atoms with van der Waals surface area (Å²) in [6.07, 6.45) is 0. The van der Waals surface area contributed by atoms with Crippen LogP contribution in [0.2, 0.25) is 0 Å². The van der Waals surface area contributed by atoms with Gasteiger partial charge < -0.3 is 9.15 Å². The van der Waals surface area contributed by atoms with Gasteiger partial charge in [0.05, 0.1) is 0 Å². The van der Waals surface area contributed by atoms with Crippen LogP contribution in [0.25, 0.3) is 22.1 Å². The molecule has 0 fully saturated rings. The molecule has 0 aliphatic rings. The van der Waals surface area contributed by atoms with Gasteiger partial charge in [0, 0.05) is 17.5 Å². The van der Waals surface area contributed by atoms with Gasteiger partial charge in [-0.2, -0.15) is 22.5 Å². The molecule has 4 rings (SSSR count). The van der Waals surface area contributed by atoms with E-state index in [-0.39, 0.29) is 11.3 Å². The molecule has 2 aromatic carbocycles. The van der Waals surface area contributed by atoms with E-state index >= 15 is 0 Å². The summed E-state index contributed by atoms with van der Waals surface area (Å²) in [5, 5.41) is 0.534. The van der Waals surface area contributed by atoms with Gasteiger partial charge in [0.15, 0.2) is 0 Å². The number of aromatic nitrogens is 1. The standard InChI is InChI=1S/C20H9F4NO3/c21-16-18(17(22)20(24)25-19(16)23)27-11-6-7-12-13(10-4-2-1-3-5-10)9-15(26)28-14(12)8-11/h1-9H. The summed E-state index contributed by atoms with van der Waals surface area (Å²) in [7, 11) is 0. The fraction of sp³-hybridized carbons (Fsp3) is 0. The molecule has 2 aromatic heterocycles. The molecule has 0 spiro atoms. The van der Waals surface area contributed by atoms with Crippen LogP contribution in [0.15, 0.2) is 63.8 Å². The molecular formula is C20H9F4NO3. The zero-order chi connectivity index (χ0) is 19.8. The van der Waals surface area contributed by atoms with Crippen LogP contribution in [-0.4, -0.2) is 4.98 Å². The molecule has 0 bridgehead atoms. The molecule has 0 aliphatic heterocycles. The van der Waals surface area contributed by atoms with E-state index in [0.717, 1.165) is 5.56 Å². The van der Waals surface area contributed by atoms with Crippen molar-refractivity contribution in [3.63, 3.8) is 0 Å². The Balaban J connectivity index is 1.83. The van der Waals surface area contributed by atoms with Crippen molar-refractivity contribution in [2.45, 2.75) is 0 Å². The summed E-state index contributed by atoms with van der Waals surface area (Å²) in [6, 6.07) is 14.3. The summed E-state index contributed by atoms with van der Waals surface area (Å²) >= 11 is 0. The molecule has 4 nitrogen and oxygen atoms in total. The van der Waals surface area contributed by atoms with E-state index in [1.165, 1.54) is 24.3 Å². The van der Waals surface area contributed by atoms with Crippen molar-refractivity contribution >= 4 is 11.0 Å². The van der Waals surface area contributed by atoms with Gasteiger partial charge in [-0.05, 0) is 23.3 Å². The van der Waals surface area contributed by atoms with Crippen molar-refractivity contribution in [3.8, 4) is 22.6 Å². The Morgan fingerprint density at radius 1 is 0.857 bits per heavy atom. The van der Waals surface area contributed by atoms with Gasteiger partial charge in [0.1, 0.15) is 11.3 Å². The molecule has 28 heavy (non-hydrogen) atoms. The zero-order valence-corrected chi connectivity index (χ0v) is 13.9. The molecule has 2 heterocycles. The molecule has 0 N–H and O–H groups in total. The molecule has 0 saturated carbocycles. The van der Waals surface area contributed by atoms with E-state index < -0.39 is 34.9 Å². The normalized spacial score (nSPS) is 11.0. The average molecular weight is 387 g/mol. The maximum atomic E-state index is 13.7. The Morgan fingerprint density at radius 2 is 1.54 bits per heavy atom. The number of hydrogen-bond acceptors (Lipinski definition) is 4. The lowest BCUT2D eigenvalue weighted by molar-refractivity contribution is 0.343. The topological polar surface area (TPSA) is 52.3 Å². The maximum Gasteiger partial charge on any atom is 0.336 e. The van der Waals surface area contributed by atoms with Crippen molar-refractivity contribution in [2.24, 2.45) is 0 Å². The molecular weight excluding hydrogens is 378 g/mol. The minimum Gasteiger partial charge on any atom is -0.451 e. The number of benzene rings is 2. The van der Waals surface area contributed by atoms with E-state index in [0.29, 0.717) is 10.9 Å². The first-order valence-electron chi connectivity index (χ1n) is 7.95. The lowest BCUT2D eigenvalue weighted by atomic mass is 10.0. The number of rotatable bonds is 3. The van der Waals surface area contributed by atoms with Crippen molar-refractivity contribution in [3.05, 3.63) is 88.5 Å². The molecule has 4 aromatic rings. The number of ether oxygens (including phenoxy) is 1. The van der Waals surface area contributed by atoms with E-state index in [4.69, 9.17) is 9.15 Å². The van der Waals surface area contributed by atoms with Crippen LogP contribution >= 0.6 is 0 Å². The third-order valence-electron chi connectivity index (χ3n) is 3.98. The van der Waals surface area contributed by atoms with Crippen molar-refractivity contribution < 1.29 is 26.7 Å². The van der Waals surface area contributed by atoms with Crippen LogP contribution < -0.4 is 10.4 Å². The molecule has 0 saturated heterocycles. The number of halogens is 4. The Hall–Kier alpha value is -3.68. The third-order valence-corrected chi connectivity index (χ3v) is 3.98. The highest BCUT2D eigenvalue weighted by Gasteiger charge is 2.23. The third kappa shape index (κ3) is 3.09. The minimum absolute atomic E-state index is 0.0691. The van der Waals surface area contributed by atoms with Crippen LogP contribution in [0.3, 0.4) is 0 Å². The molecule has 0 amide bonds. The number of fused-ring (bicyclic) bond motifs is 1. The Kier molecular flexibility index (Phi) is 4.31. The lowest BCUT2D eigenvalue weighted by Gasteiger charge is -2.10. The van der Waals surface area contributed by atoms with Gasteiger partial charge in [0.2, 0.25) is 17.4 Å². The SMILES string of the molecule is O=c1cc(-c2ccccc2)c2ccc(Oc3c(F)c(F)nc(F)c3F)cc2o1. The quantitative estimate of drug-likeness (QED) is 0.275. The van der Waals surface area contributed by atoms with E-state index in [2.05, 4.69) is 4.98 Å². The number of nitrogens with zero attached hydrogens (tertiary/aromatic N) is 1. The smallest absolute Gasteiger partial charge is 0.336 e. The Labute approximate surface area is 154 Å². The molecule has 0 radical (unpaired) electrons. The van der Waals surface area contributed by atoms with Crippen LogP contribution in [0.5, 0.6) is 11.5 Å². The number of hydrogen-bond donors (Lipinski definition) is 0. The number of pyridine rings is 1. The summed E-state index contributed by atoms with van der Waals surface area (Å²) in [5.74, 6) is -8.72. The van der Waals surface area contributed by atoms with Crippen LogP contribution in [0.1, 0.15) is 0 Å². The highest BCUT2D eigenvalue weighted by molar-refractivity contribution is 5.93. The second-order valence-electron chi connectivity index (χ2n) is 5.76. The monoisotopic (exact) mass is 387 g/mol. The summed E-state index contributed by atoms with van der Waals surface area (Å²) < 4.78 is 64.1. The van der Waals surface area contributed by atoms with Crippen LogP contribution in [-0.2, 0) is 0 Å². The molecule has 0 atom stereocenters. The Bertz CT molecular complexity index is 1230. The van der Waals surface area contributed by atoms with Crippen LogP contribution in [0.4, 0.5) is 17.6 Å². The van der Waals surface area contributed by atoms with E-state index in [1.807, 2.05) is 6.07 Å². The van der Waals surface area contributed by atoms with Crippen molar-refractivity contribution in [1.82, 2.24) is 4.98 Å². The van der Waals surface area contributed by atoms with Crippen molar-refractivity contribution in [1.29, 1.82) is 0 Å². The largest absolute Gasteiger partial charge is 0.451 e. The highest BCUT2D eigenvalue weighted by atomic mass is 19.2. The van der Waals surface area contributed by atoms with Gasteiger partial charge in [-0.3, -0.25) is 0 Å². The molecule has 140 valence electrons. The second-order valence-corrected chi connectivity index (χ2v) is 5.76. The average Bonchev–Trinajstić information content (AvgIpc) is 2.69. The molecule has 0 unspecified atom stereocenters. The molecule has 0 aliphatic carbocycles. The second kappa shape index (κ2) is 6.80. The first kappa shape index (κ1) is 17.7. The highest BCUT2D eigenvalue weighted by Crippen LogP contribution is 2.33. The maximum absolute atomic E-state index is 13.7. The van der Waals surface area contributed by atoms with Crippen molar-refractivity contribution in [2.75, 3.05) is 0 Å².